The fourth-order valence-corrected chi connectivity index (χ4v) is 5.07. The van der Waals surface area contributed by atoms with Crippen LogP contribution in [0.15, 0.2) is 23.1 Å². The summed E-state index contributed by atoms with van der Waals surface area (Å²) >= 11 is 0. The van der Waals surface area contributed by atoms with Crippen LogP contribution in [0.2, 0.25) is 0 Å². The molecule has 128 valence electrons. The molecule has 1 aliphatic carbocycles. The zero-order chi connectivity index (χ0) is 16.4. The van der Waals surface area contributed by atoms with Crippen molar-refractivity contribution in [3.05, 3.63) is 23.8 Å². The van der Waals surface area contributed by atoms with E-state index in [0.717, 1.165) is 43.4 Å². The van der Waals surface area contributed by atoms with Crippen molar-refractivity contribution in [2.75, 3.05) is 6.54 Å². The molecule has 0 radical (unpaired) electrons. The number of benzene rings is 1. The van der Waals surface area contributed by atoms with Crippen LogP contribution in [0.1, 0.15) is 44.6 Å². The van der Waals surface area contributed by atoms with Crippen molar-refractivity contribution in [1.82, 2.24) is 4.72 Å². The van der Waals surface area contributed by atoms with Crippen LogP contribution in [0.25, 0.3) is 0 Å². The van der Waals surface area contributed by atoms with E-state index >= 15 is 0 Å². The lowest BCUT2D eigenvalue weighted by Gasteiger charge is -2.29. The lowest BCUT2D eigenvalue weighted by atomic mass is 9.84. The number of nitrogens with one attached hydrogen (secondary N) is 1. The molecule has 3 rings (SSSR count). The Balaban J connectivity index is 1.77. The minimum atomic E-state index is -3.55. The van der Waals surface area contributed by atoms with E-state index in [1.54, 1.807) is 18.2 Å². The van der Waals surface area contributed by atoms with E-state index < -0.39 is 10.0 Å². The second kappa shape index (κ2) is 6.79. The monoisotopic (exact) mass is 338 g/mol. The van der Waals surface area contributed by atoms with Gasteiger partial charge in [0, 0.05) is 19.0 Å². The predicted octanol–water partition coefficient (Wildman–Crippen LogP) is 2.20. The molecular formula is C17H26N2O3S. The fourth-order valence-electron chi connectivity index (χ4n) is 3.71. The third kappa shape index (κ3) is 3.70. The van der Waals surface area contributed by atoms with Gasteiger partial charge in [-0.15, -0.1) is 0 Å². The van der Waals surface area contributed by atoms with Crippen molar-refractivity contribution < 1.29 is 13.2 Å². The Hall–Kier alpha value is -1.11. The highest BCUT2D eigenvalue weighted by Crippen LogP contribution is 2.31. The Morgan fingerprint density at radius 2 is 2.04 bits per heavy atom. The van der Waals surface area contributed by atoms with E-state index in [1.165, 1.54) is 6.42 Å². The van der Waals surface area contributed by atoms with Crippen LogP contribution < -0.4 is 15.2 Å². The first-order valence-corrected chi connectivity index (χ1v) is 10.00. The second-order valence-electron chi connectivity index (χ2n) is 6.76. The maximum absolute atomic E-state index is 12.7. The molecule has 6 heteroatoms. The molecule has 2 unspecified atom stereocenters. The SMILES string of the molecule is CC1Cc2cc(S(=O)(=O)NC(CN)C3CCCCC3)ccc2O1. The predicted molar refractivity (Wildman–Crippen MR) is 90.0 cm³/mol. The highest BCUT2D eigenvalue weighted by atomic mass is 32.2. The Morgan fingerprint density at radius 1 is 1.30 bits per heavy atom. The first kappa shape index (κ1) is 16.7. The maximum Gasteiger partial charge on any atom is 0.240 e. The molecule has 1 saturated carbocycles. The Kier molecular flexibility index (Phi) is 4.94. The lowest BCUT2D eigenvalue weighted by molar-refractivity contribution is 0.254. The van der Waals surface area contributed by atoms with Crippen molar-refractivity contribution in [1.29, 1.82) is 0 Å². The van der Waals surface area contributed by atoms with Crippen LogP contribution >= 0.6 is 0 Å². The molecule has 0 bridgehead atoms. The van der Waals surface area contributed by atoms with E-state index in [-0.39, 0.29) is 12.1 Å². The molecule has 2 aliphatic rings. The molecule has 1 fully saturated rings. The van der Waals surface area contributed by atoms with Crippen molar-refractivity contribution in [2.45, 2.75) is 62.5 Å². The highest BCUT2D eigenvalue weighted by molar-refractivity contribution is 7.89. The fraction of sp³-hybridized carbons (Fsp3) is 0.647. The normalized spacial score (nSPS) is 23.3. The van der Waals surface area contributed by atoms with E-state index in [2.05, 4.69) is 4.72 Å². The van der Waals surface area contributed by atoms with Crippen molar-refractivity contribution in [2.24, 2.45) is 11.7 Å². The third-order valence-corrected chi connectivity index (χ3v) is 6.44. The largest absolute Gasteiger partial charge is 0.490 e. The van der Waals surface area contributed by atoms with Crippen molar-refractivity contribution in [3.8, 4) is 5.75 Å². The van der Waals surface area contributed by atoms with Gasteiger partial charge in [0.25, 0.3) is 0 Å². The number of fused-ring (bicyclic) bond motifs is 1. The molecule has 1 heterocycles. The van der Waals surface area contributed by atoms with Gasteiger partial charge in [0.05, 0.1) is 4.90 Å². The zero-order valence-electron chi connectivity index (χ0n) is 13.6. The summed E-state index contributed by atoms with van der Waals surface area (Å²) in [5.74, 6) is 1.14. The minimum absolute atomic E-state index is 0.106. The third-order valence-electron chi connectivity index (χ3n) is 4.96. The summed E-state index contributed by atoms with van der Waals surface area (Å²) in [5, 5.41) is 0. The van der Waals surface area contributed by atoms with Crippen LogP contribution in [0.3, 0.4) is 0 Å². The van der Waals surface area contributed by atoms with Gasteiger partial charge in [-0.3, -0.25) is 0 Å². The van der Waals surface area contributed by atoms with E-state index in [1.807, 2.05) is 6.92 Å². The molecule has 1 aliphatic heterocycles. The van der Waals surface area contributed by atoms with Gasteiger partial charge in [-0.25, -0.2) is 13.1 Å². The van der Waals surface area contributed by atoms with Crippen LogP contribution in [0, 0.1) is 5.92 Å². The Labute approximate surface area is 138 Å². The molecule has 0 aromatic heterocycles. The molecule has 3 N–H and O–H groups in total. The van der Waals surface area contributed by atoms with Gasteiger partial charge in [0.15, 0.2) is 0 Å². The second-order valence-corrected chi connectivity index (χ2v) is 8.48. The summed E-state index contributed by atoms with van der Waals surface area (Å²) in [6.45, 7) is 2.33. The molecule has 0 saturated heterocycles. The van der Waals surface area contributed by atoms with Gasteiger partial charge in [-0.1, -0.05) is 19.3 Å². The van der Waals surface area contributed by atoms with Crippen LogP contribution in [-0.4, -0.2) is 27.1 Å². The number of ether oxygens (including phenoxy) is 1. The molecule has 0 amide bonds. The first-order chi connectivity index (χ1) is 11.0. The van der Waals surface area contributed by atoms with Crippen LogP contribution in [0.5, 0.6) is 5.75 Å². The topological polar surface area (TPSA) is 81.4 Å². The standard InChI is InChI=1S/C17H26N2O3S/c1-12-9-14-10-15(7-8-17(14)22-12)23(20,21)19-16(11-18)13-5-3-2-4-6-13/h7-8,10,12-13,16,19H,2-6,9,11,18H2,1H3. The van der Waals surface area contributed by atoms with Crippen LogP contribution in [0.4, 0.5) is 0 Å². The summed E-state index contributed by atoms with van der Waals surface area (Å²) < 4.78 is 33.9. The minimum Gasteiger partial charge on any atom is -0.490 e. The summed E-state index contributed by atoms with van der Waals surface area (Å²) in [5.41, 5.74) is 6.81. The average Bonchev–Trinajstić information content (AvgIpc) is 2.92. The average molecular weight is 338 g/mol. The van der Waals surface area contributed by atoms with Gasteiger partial charge in [-0.05, 0) is 49.4 Å². The Morgan fingerprint density at radius 3 is 2.74 bits per heavy atom. The smallest absolute Gasteiger partial charge is 0.240 e. The number of rotatable bonds is 5. The zero-order valence-corrected chi connectivity index (χ0v) is 14.4. The van der Waals surface area contributed by atoms with Gasteiger partial charge >= 0.3 is 0 Å². The highest BCUT2D eigenvalue weighted by Gasteiger charge is 2.28. The molecule has 1 aromatic rings. The number of hydrogen-bond donors (Lipinski definition) is 2. The summed E-state index contributed by atoms with van der Waals surface area (Å²) in [6, 6.07) is 4.93. The number of hydrogen-bond acceptors (Lipinski definition) is 4. The summed E-state index contributed by atoms with van der Waals surface area (Å²) in [6.07, 6.45) is 6.54. The molecule has 2 atom stereocenters. The molecule has 0 spiro atoms. The summed E-state index contributed by atoms with van der Waals surface area (Å²) in [7, 11) is -3.55. The van der Waals surface area contributed by atoms with Gasteiger partial charge < -0.3 is 10.5 Å². The van der Waals surface area contributed by atoms with Crippen molar-refractivity contribution >= 4 is 10.0 Å². The number of sulfonamides is 1. The van der Waals surface area contributed by atoms with Gasteiger partial charge in [0.1, 0.15) is 11.9 Å². The lowest BCUT2D eigenvalue weighted by Crippen LogP contribution is -2.45. The van der Waals surface area contributed by atoms with Crippen LogP contribution in [-0.2, 0) is 16.4 Å². The van der Waals surface area contributed by atoms with Crippen molar-refractivity contribution in [3.63, 3.8) is 0 Å². The van der Waals surface area contributed by atoms with E-state index in [9.17, 15) is 8.42 Å². The van der Waals surface area contributed by atoms with Gasteiger partial charge in [-0.2, -0.15) is 0 Å². The quantitative estimate of drug-likeness (QED) is 0.862. The molecular weight excluding hydrogens is 312 g/mol. The van der Waals surface area contributed by atoms with Gasteiger partial charge in [0.2, 0.25) is 10.0 Å². The Bertz CT molecular complexity index is 654. The van der Waals surface area contributed by atoms with E-state index in [0.29, 0.717) is 17.4 Å². The first-order valence-electron chi connectivity index (χ1n) is 8.51. The molecule has 1 aromatic carbocycles. The number of nitrogens with two attached hydrogens (primary N) is 1. The van der Waals surface area contributed by atoms with E-state index in [4.69, 9.17) is 10.5 Å². The maximum atomic E-state index is 12.7. The molecule has 23 heavy (non-hydrogen) atoms. The molecule has 5 nitrogen and oxygen atoms in total. The summed E-state index contributed by atoms with van der Waals surface area (Å²) in [4.78, 5) is 0.309.